The topological polar surface area (TPSA) is 188 Å². The van der Waals surface area contributed by atoms with Crippen molar-refractivity contribution in [3.8, 4) is 5.75 Å². The number of carbonyl (C=O) groups is 3. The fourth-order valence-corrected chi connectivity index (χ4v) is 4.71. The number of para-hydroxylation sites is 1. The zero-order valence-electron chi connectivity index (χ0n) is 26.1. The number of rotatable bonds is 18. The van der Waals surface area contributed by atoms with Crippen LogP contribution in [-0.2, 0) is 28.6 Å². The van der Waals surface area contributed by atoms with Crippen molar-refractivity contribution in [2.45, 2.75) is 32.8 Å². The Hall–Kier alpha value is -4.79. The Morgan fingerprint density at radius 3 is 2.37 bits per heavy atom. The zero-order chi connectivity index (χ0) is 33.5. The fraction of sp³-hybridized carbons (Fsp3) is 0.406. The van der Waals surface area contributed by atoms with Crippen molar-refractivity contribution >= 4 is 23.5 Å². The number of esters is 2. The number of nitrogens with one attached hydrogen (secondary N) is 3. The highest BCUT2D eigenvalue weighted by molar-refractivity contribution is 6.00. The molecule has 2 aromatic carbocycles. The van der Waals surface area contributed by atoms with Gasteiger partial charge in [0.2, 0.25) is 5.91 Å². The molecule has 1 amide bonds. The molecule has 248 valence electrons. The van der Waals surface area contributed by atoms with Gasteiger partial charge in [0, 0.05) is 37.5 Å². The van der Waals surface area contributed by atoms with E-state index >= 15 is 0 Å². The van der Waals surface area contributed by atoms with Crippen LogP contribution in [0.4, 0.5) is 5.69 Å². The Morgan fingerprint density at radius 2 is 1.70 bits per heavy atom. The number of allylic oxidation sites excluding steroid dienone is 1. The van der Waals surface area contributed by atoms with Gasteiger partial charge >= 0.3 is 11.9 Å². The summed E-state index contributed by atoms with van der Waals surface area (Å²) in [6.07, 6.45) is -0.739. The summed E-state index contributed by atoms with van der Waals surface area (Å²) in [5.74, 6) is -2.28. The maximum atomic E-state index is 13.3. The van der Waals surface area contributed by atoms with E-state index < -0.39 is 34.8 Å². The highest BCUT2D eigenvalue weighted by atomic mass is 16.6. The second kappa shape index (κ2) is 18.2. The number of amides is 1. The molecule has 0 spiro atoms. The van der Waals surface area contributed by atoms with Gasteiger partial charge in [0.1, 0.15) is 25.1 Å². The third-order valence-corrected chi connectivity index (χ3v) is 6.72. The number of nitro groups is 1. The van der Waals surface area contributed by atoms with Crippen LogP contribution >= 0.6 is 0 Å². The Kier molecular flexibility index (Phi) is 14.2. The third-order valence-electron chi connectivity index (χ3n) is 6.72. The summed E-state index contributed by atoms with van der Waals surface area (Å²) in [5.41, 5.74) is 0.779. The molecule has 2 unspecified atom stereocenters. The first-order chi connectivity index (χ1) is 22.2. The van der Waals surface area contributed by atoms with Crippen LogP contribution in [0.25, 0.3) is 0 Å². The standard InChI is InChI=1S/C32H40N4O10/c1-4-44-31(39)28-21(3)35-26(30(32(40)45-5-2)29(28)22-10-9-11-23(16-22)36(41)42)19-43-20-27(38)34-15-14-33-17-24(37)18-46-25-12-7-6-8-13-25/h6-13,16,24,29,33,35,37H,4-5,14-15,17-20H2,1-3H3,(H,34,38). The number of benzene rings is 2. The molecule has 0 aliphatic carbocycles. The van der Waals surface area contributed by atoms with Crippen molar-refractivity contribution in [1.29, 1.82) is 0 Å². The molecule has 2 atom stereocenters. The molecular formula is C32H40N4O10. The van der Waals surface area contributed by atoms with E-state index in [1.165, 1.54) is 18.2 Å². The van der Waals surface area contributed by atoms with Crippen LogP contribution in [0, 0.1) is 10.1 Å². The van der Waals surface area contributed by atoms with Crippen LogP contribution in [0.1, 0.15) is 32.3 Å². The van der Waals surface area contributed by atoms with Crippen molar-refractivity contribution < 1.29 is 43.4 Å². The Balaban J connectivity index is 1.63. The lowest BCUT2D eigenvalue weighted by Gasteiger charge is -2.31. The van der Waals surface area contributed by atoms with Gasteiger partial charge in [-0.25, -0.2) is 9.59 Å². The number of nitro benzene ring substituents is 1. The van der Waals surface area contributed by atoms with E-state index in [1.807, 2.05) is 18.2 Å². The van der Waals surface area contributed by atoms with Crippen LogP contribution in [0.2, 0.25) is 0 Å². The minimum atomic E-state index is -1.06. The van der Waals surface area contributed by atoms with E-state index in [0.717, 1.165) is 0 Å². The van der Waals surface area contributed by atoms with Gasteiger partial charge in [-0.15, -0.1) is 0 Å². The average molecular weight is 641 g/mol. The molecule has 0 saturated heterocycles. The van der Waals surface area contributed by atoms with Gasteiger partial charge in [-0.2, -0.15) is 0 Å². The number of aliphatic hydroxyl groups excluding tert-OH is 1. The highest BCUT2D eigenvalue weighted by Gasteiger charge is 2.39. The Bertz CT molecular complexity index is 1430. The number of hydrogen-bond donors (Lipinski definition) is 4. The first-order valence-corrected chi connectivity index (χ1v) is 14.9. The lowest BCUT2D eigenvalue weighted by molar-refractivity contribution is -0.384. The summed E-state index contributed by atoms with van der Waals surface area (Å²) in [5, 5.41) is 30.4. The predicted molar refractivity (Wildman–Crippen MR) is 167 cm³/mol. The normalized spacial score (nSPS) is 15.1. The second-order valence-corrected chi connectivity index (χ2v) is 10.1. The summed E-state index contributed by atoms with van der Waals surface area (Å²) >= 11 is 0. The smallest absolute Gasteiger partial charge is 0.336 e. The maximum Gasteiger partial charge on any atom is 0.336 e. The van der Waals surface area contributed by atoms with Gasteiger partial charge in [0.15, 0.2) is 0 Å². The molecule has 14 heteroatoms. The molecule has 0 radical (unpaired) electrons. The Labute approximate surface area is 266 Å². The first-order valence-electron chi connectivity index (χ1n) is 14.9. The van der Waals surface area contributed by atoms with Crippen molar-refractivity contribution in [2.24, 2.45) is 0 Å². The monoisotopic (exact) mass is 640 g/mol. The number of carbonyl (C=O) groups excluding carboxylic acids is 3. The largest absolute Gasteiger partial charge is 0.491 e. The van der Waals surface area contributed by atoms with Crippen molar-refractivity contribution in [2.75, 3.05) is 52.7 Å². The molecular weight excluding hydrogens is 600 g/mol. The lowest BCUT2D eigenvalue weighted by Crippen LogP contribution is -2.38. The molecule has 0 fully saturated rings. The van der Waals surface area contributed by atoms with Crippen LogP contribution in [0.5, 0.6) is 5.75 Å². The van der Waals surface area contributed by atoms with E-state index in [2.05, 4.69) is 16.0 Å². The van der Waals surface area contributed by atoms with Gasteiger partial charge < -0.3 is 40.0 Å². The predicted octanol–water partition coefficient (Wildman–Crippen LogP) is 2.10. The third kappa shape index (κ3) is 10.4. The molecule has 14 nitrogen and oxygen atoms in total. The molecule has 2 aromatic rings. The highest BCUT2D eigenvalue weighted by Crippen LogP contribution is 2.40. The molecule has 0 aromatic heterocycles. The summed E-state index contributed by atoms with van der Waals surface area (Å²) in [6.45, 7) is 5.44. The maximum absolute atomic E-state index is 13.3. The number of aliphatic hydroxyl groups is 1. The average Bonchev–Trinajstić information content (AvgIpc) is 3.04. The summed E-state index contributed by atoms with van der Waals surface area (Å²) in [7, 11) is 0. The molecule has 1 aliphatic heterocycles. The molecule has 1 aliphatic rings. The summed E-state index contributed by atoms with van der Waals surface area (Å²) in [4.78, 5) is 49.8. The van der Waals surface area contributed by atoms with Crippen LogP contribution in [0.3, 0.4) is 0 Å². The van der Waals surface area contributed by atoms with Crippen molar-refractivity contribution in [3.63, 3.8) is 0 Å². The molecule has 46 heavy (non-hydrogen) atoms. The van der Waals surface area contributed by atoms with Crippen LogP contribution in [-0.4, -0.2) is 86.6 Å². The Morgan fingerprint density at radius 1 is 1.00 bits per heavy atom. The van der Waals surface area contributed by atoms with Gasteiger partial charge in [-0.3, -0.25) is 14.9 Å². The van der Waals surface area contributed by atoms with Gasteiger partial charge in [0.05, 0.1) is 47.5 Å². The number of nitrogens with zero attached hydrogens (tertiary/aromatic N) is 1. The van der Waals surface area contributed by atoms with Crippen molar-refractivity contribution in [3.05, 3.63) is 92.8 Å². The van der Waals surface area contributed by atoms with E-state index in [0.29, 0.717) is 23.6 Å². The van der Waals surface area contributed by atoms with Gasteiger partial charge in [0.25, 0.3) is 5.69 Å². The number of hydrogen-bond acceptors (Lipinski definition) is 12. The second-order valence-electron chi connectivity index (χ2n) is 10.1. The minimum absolute atomic E-state index is 0.00964. The molecule has 1 heterocycles. The van der Waals surface area contributed by atoms with E-state index in [9.17, 15) is 29.6 Å². The van der Waals surface area contributed by atoms with Gasteiger partial charge in [-0.1, -0.05) is 30.3 Å². The molecule has 0 bridgehead atoms. The van der Waals surface area contributed by atoms with Crippen LogP contribution < -0.4 is 20.7 Å². The zero-order valence-corrected chi connectivity index (χ0v) is 26.1. The molecule has 3 rings (SSSR count). The number of dihydropyridines is 1. The minimum Gasteiger partial charge on any atom is -0.491 e. The van der Waals surface area contributed by atoms with Crippen LogP contribution in [0.15, 0.2) is 77.1 Å². The van der Waals surface area contributed by atoms with E-state index in [1.54, 1.807) is 39.0 Å². The van der Waals surface area contributed by atoms with Crippen molar-refractivity contribution in [1.82, 2.24) is 16.0 Å². The SMILES string of the molecule is CCOC(=O)C1=C(C)NC(COCC(=O)NCCNCC(O)COc2ccccc2)=C(C(=O)OCC)C1c1cccc([N+](=O)[O-])c1. The van der Waals surface area contributed by atoms with Gasteiger partial charge in [-0.05, 0) is 38.5 Å². The fourth-order valence-electron chi connectivity index (χ4n) is 4.71. The molecule has 0 saturated carbocycles. The number of non-ortho nitro benzene ring substituents is 1. The lowest BCUT2D eigenvalue weighted by atomic mass is 9.80. The quantitative estimate of drug-likeness (QED) is 0.0806. The first kappa shape index (κ1) is 35.7. The summed E-state index contributed by atoms with van der Waals surface area (Å²) < 4.78 is 21.7. The number of ether oxygens (including phenoxy) is 4. The van der Waals surface area contributed by atoms with E-state index in [4.69, 9.17) is 18.9 Å². The molecule has 4 N–H and O–H groups in total. The summed E-state index contributed by atoms with van der Waals surface area (Å²) in [6, 6.07) is 14.8. The van der Waals surface area contributed by atoms with E-state index in [-0.39, 0.29) is 68.7 Å².